The van der Waals surface area contributed by atoms with Crippen LogP contribution in [0, 0.1) is 0 Å². The summed E-state index contributed by atoms with van der Waals surface area (Å²) in [6.45, 7) is 1.10. The third kappa shape index (κ3) is 4.47. The van der Waals surface area contributed by atoms with Crippen LogP contribution in [0.2, 0.25) is 0 Å². The lowest BCUT2D eigenvalue weighted by Gasteiger charge is -2.09. The normalized spacial score (nSPS) is 10.3. The zero-order valence-electron chi connectivity index (χ0n) is 12.5. The van der Waals surface area contributed by atoms with E-state index >= 15 is 0 Å². The van der Waals surface area contributed by atoms with Crippen molar-refractivity contribution in [2.45, 2.75) is 18.0 Å². The van der Waals surface area contributed by atoms with Crippen LogP contribution in [0.5, 0.6) is 6.01 Å². The average molecular weight is 323 g/mol. The maximum atomic E-state index is 5.63. The molecule has 3 rings (SSSR count). The topological polar surface area (TPSA) is 47.0 Å². The molecule has 0 spiro atoms. The number of hydrogen-bond donors (Lipinski definition) is 2. The van der Waals surface area contributed by atoms with Crippen molar-refractivity contribution in [3.8, 4) is 6.01 Å². The van der Waals surface area contributed by atoms with Crippen molar-refractivity contribution >= 4 is 18.4 Å². The summed E-state index contributed by atoms with van der Waals surface area (Å²) in [6, 6.07) is 20.1. The molecular formula is C18H17N3OS. The zero-order valence-corrected chi connectivity index (χ0v) is 13.4. The van der Waals surface area contributed by atoms with Gasteiger partial charge in [0.25, 0.3) is 0 Å². The highest BCUT2D eigenvalue weighted by Crippen LogP contribution is 2.15. The van der Waals surface area contributed by atoms with Crippen molar-refractivity contribution in [3.63, 3.8) is 0 Å². The third-order valence-electron chi connectivity index (χ3n) is 3.30. The second-order valence-electron chi connectivity index (χ2n) is 4.98. The van der Waals surface area contributed by atoms with E-state index in [0.29, 0.717) is 19.2 Å². The molecule has 0 bridgehead atoms. The van der Waals surface area contributed by atoms with Gasteiger partial charge in [-0.05, 0) is 23.3 Å². The number of benzene rings is 2. The van der Waals surface area contributed by atoms with Crippen LogP contribution in [0.3, 0.4) is 0 Å². The number of anilines is 1. The molecule has 0 radical (unpaired) electrons. The maximum Gasteiger partial charge on any atom is 0.318 e. The van der Waals surface area contributed by atoms with E-state index in [1.54, 1.807) is 6.20 Å². The second kappa shape index (κ2) is 7.65. The van der Waals surface area contributed by atoms with Gasteiger partial charge in [0, 0.05) is 17.6 Å². The van der Waals surface area contributed by atoms with E-state index in [-0.39, 0.29) is 0 Å². The Labute approximate surface area is 141 Å². The van der Waals surface area contributed by atoms with Gasteiger partial charge in [0.2, 0.25) is 0 Å². The lowest BCUT2D eigenvalue weighted by Crippen LogP contribution is -2.05. The molecule has 3 aromatic rings. The van der Waals surface area contributed by atoms with Gasteiger partial charge in [0.1, 0.15) is 12.4 Å². The first-order valence-electron chi connectivity index (χ1n) is 7.32. The molecule has 116 valence electrons. The molecule has 4 nitrogen and oxygen atoms in total. The smallest absolute Gasteiger partial charge is 0.318 e. The molecule has 1 aromatic heterocycles. The van der Waals surface area contributed by atoms with Gasteiger partial charge in [0.05, 0.1) is 0 Å². The molecule has 0 aliphatic rings. The van der Waals surface area contributed by atoms with Gasteiger partial charge in [-0.1, -0.05) is 48.5 Å². The molecule has 0 fully saturated rings. The number of hydrogen-bond acceptors (Lipinski definition) is 5. The van der Waals surface area contributed by atoms with Crippen molar-refractivity contribution in [1.29, 1.82) is 0 Å². The van der Waals surface area contributed by atoms with Crippen LogP contribution in [-0.2, 0) is 13.2 Å². The summed E-state index contributed by atoms with van der Waals surface area (Å²) in [6.07, 6.45) is 1.68. The Hall–Kier alpha value is -2.53. The van der Waals surface area contributed by atoms with Gasteiger partial charge in [0.15, 0.2) is 0 Å². The maximum absolute atomic E-state index is 5.63. The molecule has 1 heterocycles. The fourth-order valence-electron chi connectivity index (χ4n) is 2.08. The first-order valence-corrected chi connectivity index (χ1v) is 7.76. The van der Waals surface area contributed by atoms with E-state index in [0.717, 1.165) is 21.8 Å². The fraction of sp³-hybridized carbons (Fsp3) is 0.111. The Morgan fingerprint density at radius 1 is 0.957 bits per heavy atom. The Balaban J connectivity index is 1.60. The van der Waals surface area contributed by atoms with Gasteiger partial charge >= 0.3 is 6.01 Å². The van der Waals surface area contributed by atoms with Crippen LogP contribution >= 0.6 is 12.6 Å². The number of ether oxygens (including phenoxy) is 1. The number of nitrogens with zero attached hydrogens (tertiary/aromatic N) is 2. The SMILES string of the molecule is Sc1ccccc1CNc1ccnc(OCc2ccccc2)n1. The summed E-state index contributed by atoms with van der Waals surface area (Å²) < 4.78 is 5.63. The van der Waals surface area contributed by atoms with E-state index in [4.69, 9.17) is 4.74 Å². The standard InChI is InChI=1S/C18H17N3OS/c23-16-9-5-4-8-15(16)12-20-17-10-11-19-18(21-17)22-13-14-6-2-1-3-7-14/h1-11,23H,12-13H2,(H,19,20,21). The van der Waals surface area contributed by atoms with Crippen molar-refractivity contribution in [1.82, 2.24) is 9.97 Å². The van der Waals surface area contributed by atoms with Crippen molar-refractivity contribution in [3.05, 3.63) is 78.0 Å². The van der Waals surface area contributed by atoms with Crippen molar-refractivity contribution in [2.24, 2.45) is 0 Å². The Bertz CT molecular complexity index is 765. The quantitative estimate of drug-likeness (QED) is 0.674. The predicted octanol–water partition coefficient (Wildman–Crippen LogP) is 3.96. The minimum atomic E-state index is 0.359. The first kappa shape index (κ1) is 15.4. The number of rotatable bonds is 6. The summed E-state index contributed by atoms with van der Waals surface area (Å²) in [5, 5.41) is 3.26. The monoisotopic (exact) mass is 323 g/mol. The largest absolute Gasteiger partial charge is 0.459 e. The molecule has 0 aliphatic heterocycles. The number of nitrogens with one attached hydrogen (secondary N) is 1. The van der Waals surface area contributed by atoms with Crippen LogP contribution < -0.4 is 10.1 Å². The third-order valence-corrected chi connectivity index (χ3v) is 3.73. The minimum Gasteiger partial charge on any atom is -0.459 e. The highest BCUT2D eigenvalue weighted by atomic mass is 32.1. The van der Waals surface area contributed by atoms with Gasteiger partial charge in [-0.2, -0.15) is 4.98 Å². The van der Waals surface area contributed by atoms with E-state index < -0.39 is 0 Å². The molecule has 0 amide bonds. The van der Waals surface area contributed by atoms with Gasteiger partial charge < -0.3 is 10.1 Å². The Kier molecular flexibility index (Phi) is 5.11. The molecule has 0 unspecified atom stereocenters. The molecular weight excluding hydrogens is 306 g/mol. The van der Waals surface area contributed by atoms with Gasteiger partial charge in [-0.25, -0.2) is 4.98 Å². The Morgan fingerprint density at radius 3 is 2.57 bits per heavy atom. The Morgan fingerprint density at radius 2 is 1.74 bits per heavy atom. The summed E-state index contributed by atoms with van der Waals surface area (Å²) in [7, 11) is 0. The summed E-state index contributed by atoms with van der Waals surface area (Å²) in [4.78, 5) is 9.46. The van der Waals surface area contributed by atoms with Crippen molar-refractivity contribution in [2.75, 3.05) is 5.32 Å². The zero-order chi connectivity index (χ0) is 15.9. The van der Waals surface area contributed by atoms with E-state index in [9.17, 15) is 0 Å². The second-order valence-corrected chi connectivity index (χ2v) is 5.46. The van der Waals surface area contributed by atoms with Crippen molar-refractivity contribution < 1.29 is 4.74 Å². The highest BCUT2D eigenvalue weighted by Gasteiger charge is 2.02. The highest BCUT2D eigenvalue weighted by molar-refractivity contribution is 7.80. The van der Waals surface area contributed by atoms with Crippen LogP contribution in [0.4, 0.5) is 5.82 Å². The molecule has 0 saturated heterocycles. The van der Waals surface area contributed by atoms with E-state index in [1.807, 2.05) is 60.7 Å². The molecule has 0 saturated carbocycles. The predicted molar refractivity (Wildman–Crippen MR) is 93.8 cm³/mol. The van der Waals surface area contributed by atoms with Crippen LogP contribution in [0.1, 0.15) is 11.1 Å². The van der Waals surface area contributed by atoms with Gasteiger partial charge in [-0.15, -0.1) is 12.6 Å². The lowest BCUT2D eigenvalue weighted by molar-refractivity contribution is 0.281. The van der Waals surface area contributed by atoms with Gasteiger partial charge in [-0.3, -0.25) is 0 Å². The lowest BCUT2D eigenvalue weighted by atomic mass is 10.2. The van der Waals surface area contributed by atoms with E-state index in [2.05, 4.69) is 27.9 Å². The first-order chi connectivity index (χ1) is 11.3. The molecule has 5 heteroatoms. The molecule has 0 aliphatic carbocycles. The van der Waals surface area contributed by atoms with Crippen LogP contribution in [0.15, 0.2) is 71.8 Å². The summed E-state index contributed by atoms with van der Waals surface area (Å²) in [5.41, 5.74) is 2.19. The molecule has 23 heavy (non-hydrogen) atoms. The van der Waals surface area contributed by atoms with Crippen LogP contribution in [0.25, 0.3) is 0 Å². The summed E-state index contributed by atoms with van der Waals surface area (Å²) >= 11 is 4.44. The minimum absolute atomic E-state index is 0.359. The summed E-state index contributed by atoms with van der Waals surface area (Å²) in [5.74, 6) is 0.722. The molecule has 2 aromatic carbocycles. The molecule has 1 N–H and O–H groups in total. The number of thiol groups is 1. The molecule has 0 atom stereocenters. The average Bonchev–Trinajstić information content (AvgIpc) is 2.61. The van der Waals surface area contributed by atoms with Crippen LogP contribution in [-0.4, -0.2) is 9.97 Å². The fourth-order valence-corrected chi connectivity index (χ4v) is 2.32. The van der Waals surface area contributed by atoms with E-state index in [1.165, 1.54) is 0 Å². The number of aromatic nitrogens is 2.